The smallest absolute Gasteiger partial charge is 0.318 e. The normalized spacial score (nSPS) is 15.5. The average molecular weight is 413 g/mol. The molecule has 0 radical (unpaired) electrons. The fourth-order valence-corrected chi connectivity index (χ4v) is 3.84. The van der Waals surface area contributed by atoms with Crippen molar-refractivity contribution in [2.75, 3.05) is 4.90 Å². The standard InChI is InChI=1S/C25H23N3O3/c1-15-8-10-20(11-9-15)27-17(3)13-19(18(27)4)14-22-23(29)26-25(31)28(24(22)30)21-7-5-6-16(2)12-21/h5-14H,1-4H3,(H,26,29,31)/b22-14+. The zero-order chi connectivity index (χ0) is 22.3. The van der Waals surface area contributed by atoms with Gasteiger partial charge in [0.05, 0.1) is 5.69 Å². The average Bonchev–Trinajstić information content (AvgIpc) is 2.99. The van der Waals surface area contributed by atoms with E-state index in [1.54, 1.807) is 24.3 Å². The number of hydrogen-bond donors (Lipinski definition) is 1. The molecule has 1 N–H and O–H groups in total. The summed E-state index contributed by atoms with van der Waals surface area (Å²) in [5, 5.41) is 2.28. The van der Waals surface area contributed by atoms with Crippen LogP contribution in [-0.2, 0) is 9.59 Å². The Balaban J connectivity index is 1.76. The number of nitrogens with one attached hydrogen (secondary N) is 1. The van der Waals surface area contributed by atoms with Gasteiger partial charge in [-0.1, -0.05) is 29.8 Å². The summed E-state index contributed by atoms with van der Waals surface area (Å²) in [6.07, 6.45) is 1.56. The van der Waals surface area contributed by atoms with Crippen LogP contribution >= 0.6 is 0 Å². The molecule has 1 aliphatic heterocycles. The van der Waals surface area contributed by atoms with Gasteiger partial charge in [0, 0.05) is 17.1 Å². The number of urea groups is 1. The summed E-state index contributed by atoms with van der Waals surface area (Å²) in [7, 11) is 0. The molecule has 1 saturated heterocycles. The SMILES string of the molecule is Cc1ccc(-n2c(C)cc(/C=C3\C(=O)NC(=O)N(c4cccc(C)c4)C3=O)c2C)cc1. The number of carbonyl (C=O) groups is 3. The van der Waals surface area contributed by atoms with Crippen LogP contribution < -0.4 is 10.2 Å². The minimum atomic E-state index is -0.747. The largest absolute Gasteiger partial charge is 0.335 e. The van der Waals surface area contributed by atoms with Crippen LogP contribution in [0.3, 0.4) is 0 Å². The van der Waals surface area contributed by atoms with Crippen LogP contribution in [0, 0.1) is 27.7 Å². The highest BCUT2D eigenvalue weighted by Gasteiger charge is 2.37. The number of imide groups is 2. The molecule has 0 unspecified atom stereocenters. The molecular weight excluding hydrogens is 390 g/mol. The van der Waals surface area contributed by atoms with Crippen LogP contribution in [0.4, 0.5) is 10.5 Å². The maximum absolute atomic E-state index is 13.1. The summed E-state index contributed by atoms with van der Waals surface area (Å²) in [6, 6.07) is 16.4. The zero-order valence-corrected chi connectivity index (χ0v) is 17.9. The van der Waals surface area contributed by atoms with Gasteiger partial charge in [-0.3, -0.25) is 14.9 Å². The summed E-state index contributed by atoms with van der Waals surface area (Å²) in [6.45, 7) is 7.81. The first-order valence-electron chi connectivity index (χ1n) is 10.0. The third-order valence-corrected chi connectivity index (χ3v) is 5.42. The van der Waals surface area contributed by atoms with Gasteiger partial charge in [0.2, 0.25) is 0 Å². The number of rotatable bonds is 3. The summed E-state index contributed by atoms with van der Waals surface area (Å²) in [4.78, 5) is 39.1. The van der Waals surface area contributed by atoms with Crippen LogP contribution in [0.1, 0.15) is 28.1 Å². The van der Waals surface area contributed by atoms with Crippen molar-refractivity contribution in [2.45, 2.75) is 27.7 Å². The lowest BCUT2D eigenvalue weighted by Crippen LogP contribution is -2.54. The van der Waals surface area contributed by atoms with E-state index >= 15 is 0 Å². The molecule has 1 aromatic heterocycles. The highest BCUT2D eigenvalue weighted by molar-refractivity contribution is 6.39. The van der Waals surface area contributed by atoms with Gasteiger partial charge in [-0.05, 0) is 75.2 Å². The van der Waals surface area contributed by atoms with Crippen molar-refractivity contribution < 1.29 is 14.4 Å². The van der Waals surface area contributed by atoms with Crippen molar-refractivity contribution in [3.8, 4) is 5.69 Å². The lowest BCUT2D eigenvalue weighted by Gasteiger charge is -2.26. The number of hydrogen-bond acceptors (Lipinski definition) is 3. The quantitative estimate of drug-likeness (QED) is 0.512. The fraction of sp³-hybridized carbons (Fsp3) is 0.160. The molecule has 3 aromatic rings. The Morgan fingerprint density at radius 1 is 0.806 bits per heavy atom. The van der Waals surface area contributed by atoms with Crippen molar-refractivity contribution in [3.63, 3.8) is 0 Å². The minimum absolute atomic E-state index is 0.0785. The van der Waals surface area contributed by atoms with Gasteiger partial charge < -0.3 is 4.57 Å². The van der Waals surface area contributed by atoms with Crippen molar-refractivity contribution in [1.82, 2.24) is 9.88 Å². The highest BCUT2D eigenvalue weighted by atomic mass is 16.2. The Morgan fingerprint density at radius 3 is 2.19 bits per heavy atom. The molecule has 1 aliphatic rings. The van der Waals surface area contributed by atoms with E-state index in [1.165, 1.54) is 5.56 Å². The Morgan fingerprint density at radius 2 is 1.52 bits per heavy atom. The third-order valence-electron chi connectivity index (χ3n) is 5.42. The summed E-state index contributed by atoms with van der Waals surface area (Å²) in [5.74, 6) is -1.33. The molecule has 0 saturated carbocycles. The molecule has 4 rings (SSSR count). The van der Waals surface area contributed by atoms with Gasteiger partial charge in [-0.25, -0.2) is 9.69 Å². The van der Waals surface area contributed by atoms with Gasteiger partial charge >= 0.3 is 6.03 Å². The van der Waals surface area contributed by atoms with Crippen LogP contribution in [-0.4, -0.2) is 22.4 Å². The molecular formula is C25H23N3O3. The molecule has 0 aliphatic carbocycles. The number of carbonyl (C=O) groups excluding carboxylic acids is 3. The van der Waals surface area contributed by atoms with E-state index in [4.69, 9.17) is 0 Å². The van der Waals surface area contributed by atoms with E-state index in [9.17, 15) is 14.4 Å². The summed E-state index contributed by atoms with van der Waals surface area (Å²) < 4.78 is 2.07. The molecule has 31 heavy (non-hydrogen) atoms. The maximum atomic E-state index is 13.1. The van der Waals surface area contributed by atoms with E-state index in [2.05, 4.69) is 9.88 Å². The predicted octanol–water partition coefficient (Wildman–Crippen LogP) is 4.38. The molecule has 4 amide bonds. The van der Waals surface area contributed by atoms with Crippen molar-refractivity contribution >= 4 is 29.6 Å². The molecule has 0 spiro atoms. The second kappa shape index (κ2) is 7.72. The van der Waals surface area contributed by atoms with Crippen LogP contribution in [0.15, 0.2) is 60.2 Å². The lowest BCUT2D eigenvalue weighted by molar-refractivity contribution is -0.122. The molecule has 0 bridgehead atoms. The van der Waals surface area contributed by atoms with Gasteiger partial charge in [-0.2, -0.15) is 0 Å². The van der Waals surface area contributed by atoms with Crippen molar-refractivity contribution in [2.24, 2.45) is 0 Å². The zero-order valence-electron chi connectivity index (χ0n) is 17.9. The van der Waals surface area contributed by atoms with E-state index in [0.717, 1.165) is 33.1 Å². The predicted molar refractivity (Wildman–Crippen MR) is 120 cm³/mol. The minimum Gasteiger partial charge on any atom is -0.318 e. The van der Waals surface area contributed by atoms with Gasteiger partial charge in [0.25, 0.3) is 11.8 Å². The van der Waals surface area contributed by atoms with Crippen molar-refractivity contribution in [3.05, 3.63) is 88.2 Å². The third kappa shape index (κ3) is 3.68. The van der Waals surface area contributed by atoms with Crippen LogP contribution in [0.2, 0.25) is 0 Å². The van der Waals surface area contributed by atoms with E-state index in [0.29, 0.717) is 5.69 Å². The number of amides is 4. The second-order valence-electron chi connectivity index (χ2n) is 7.79. The summed E-state index contributed by atoms with van der Waals surface area (Å²) in [5.41, 5.74) is 6.03. The number of benzene rings is 2. The summed E-state index contributed by atoms with van der Waals surface area (Å²) >= 11 is 0. The topological polar surface area (TPSA) is 71.4 Å². The molecule has 2 heterocycles. The Kier molecular flexibility index (Phi) is 5.07. The molecule has 1 fully saturated rings. The van der Waals surface area contributed by atoms with E-state index in [-0.39, 0.29) is 5.57 Å². The Hall–Kier alpha value is -3.93. The van der Waals surface area contributed by atoms with Crippen molar-refractivity contribution in [1.29, 1.82) is 0 Å². The Labute approximate surface area is 180 Å². The van der Waals surface area contributed by atoms with Crippen LogP contribution in [0.5, 0.6) is 0 Å². The number of anilines is 1. The number of aromatic nitrogens is 1. The first-order chi connectivity index (χ1) is 14.8. The Bertz CT molecular complexity index is 1250. The molecule has 2 aromatic carbocycles. The molecule has 6 nitrogen and oxygen atoms in total. The van der Waals surface area contributed by atoms with Gasteiger partial charge in [-0.15, -0.1) is 0 Å². The monoisotopic (exact) mass is 413 g/mol. The second-order valence-corrected chi connectivity index (χ2v) is 7.79. The number of barbiturate groups is 1. The van der Waals surface area contributed by atoms with Gasteiger partial charge in [0.15, 0.2) is 0 Å². The number of aryl methyl sites for hydroxylation is 3. The number of nitrogens with zero attached hydrogens (tertiary/aromatic N) is 2. The first kappa shape index (κ1) is 20.3. The highest BCUT2D eigenvalue weighted by Crippen LogP contribution is 2.26. The maximum Gasteiger partial charge on any atom is 0.335 e. The van der Waals surface area contributed by atoms with Gasteiger partial charge in [0.1, 0.15) is 5.57 Å². The molecule has 156 valence electrons. The molecule has 6 heteroatoms. The fourth-order valence-electron chi connectivity index (χ4n) is 3.84. The lowest BCUT2D eigenvalue weighted by atomic mass is 10.1. The van der Waals surface area contributed by atoms with E-state index < -0.39 is 17.8 Å². The van der Waals surface area contributed by atoms with Crippen LogP contribution in [0.25, 0.3) is 11.8 Å². The first-order valence-corrected chi connectivity index (χ1v) is 10.0. The molecule has 0 atom stereocenters. The van der Waals surface area contributed by atoms with E-state index in [1.807, 2.05) is 64.1 Å².